The first kappa shape index (κ1) is 51.2. The summed E-state index contributed by atoms with van der Waals surface area (Å²) in [6.45, 7) is 3.35. The smallest absolute Gasteiger partial charge is 0.317 e. The van der Waals surface area contributed by atoms with Crippen molar-refractivity contribution in [3.05, 3.63) is 91.0 Å². The van der Waals surface area contributed by atoms with Crippen LogP contribution in [0.5, 0.6) is 0 Å². The first-order valence-electron chi connectivity index (χ1n) is 11.3. The zero-order valence-electron chi connectivity index (χ0n) is 23.4. The summed E-state index contributed by atoms with van der Waals surface area (Å²) >= 11 is 3.86. The fraction of sp³-hybridized carbons (Fsp3) is 0.250. The van der Waals surface area contributed by atoms with Gasteiger partial charge >= 0.3 is 19.6 Å². The third-order valence-corrected chi connectivity index (χ3v) is 7.26. The molecule has 0 aliphatic rings. The number of halogens is 5. The lowest BCUT2D eigenvalue weighted by Crippen LogP contribution is -3.00. The number of rotatable bonds is 9. The lowest BCUT2D eigenvalue weighted by atomic mass is 10.3. The maximum Gasteiger partial charge on any atom is 0.317 e. The molecule has 0 amide bonds. The number of thiol groups is 1. The maximum absolute atomic E-state index is 10.6. The number of pyridine rings is 3. The number of hydrogen-bond donors (Lipinski definition) is 3. The minimum atomic E-state index is -3.72. The Kier molecular flexibility index (Phi) is 34.2. The van der Waals surface area contributed by atoms with Gasteiger partial charge in [0.25, 0.3) is 5.69 Å². The van der Waals surface area contributed by atoms with Crippen LogP contribution < -0.4 is 36.3 Å². The first-order valence-corrected chi connectivity index (χ1v) is 19.0. The van der Waals surface area contributed by atoms with Crippen LogP contribution in [0.3, 0.4) is 0 Å². The van der Waals surface area contributed by atoms with Gasteiger partial charge in [0, 0.05) is 74.9 Å². The third kappa shape index (κ3) is 27.5. The van der Waals surface area contributed by atoms with Crippen molar-refractivity contribution in [1.82, 2.24) is 15.0 Å². The standard InChI is InChI=1S/C7H9N3O2S2.C6H6N2O2.C5H3ClN2O2S.C2H7NS.Cl2O2S.2ClH/c8-3-5-13-14-7-6(10(11)12)2-1-4-9-7;1-5-6(8(9)10)3-2-4-7-5;6-11-5-4(8(9)10)2-1-3-7-5;3-1-2-4;1-5(2,3)4;;/h1-2,4H,3,5,8H2;2-4H,1H3;1-3H;4H,1-3H2;;2*1H. The molecule has 0 spiro atoms. The minimum absolute atomic E-state index is 0. The molecule has 3 heterocycles. The summed E-state index contributed by atoms with van der Waals surface area (Å²) in [5.41, 5.74) is 7.74. The molecular weight excluding hydrogens is 818 g/mol. The normalized spacial score (nSPS) is 9.28. The summed E-state index contributed by atoms with van der Waals surface area (Å²) in [6, 6.07) is 8.86. The van der Waals surface area contributed by atoms with Crippen LogP contribution in [0.1, 0.15) is 5.69 Å². The molecule has 3 rings (SSSR count). The quantitative estimate of drug-likeness (QED) is 0.0547. The summed E-state index contributed by atoms with van der Waals surface area (Å²) < 4.78 is 18.3. The Morgan fingerprint density at radius 3 is 1.48 bits per heavy atom. The van der Waals surface area contributed by atoms with Crippen LogP contribution in [-0.4, -0.2) is 62.7 Å². The van der Waals surface area contributed by atoms with Gasteiger partial charge in [0.15, 0.2) is 10.1 Å². The van der Waals surface area contributed by atoms with Crippen molar-refractivity contribution < 1.29 is 59.5 Å². The molecule has 0 unspecified atom stereocenters. The Hall–Kier alpha value is -1.63. The Balaban J connectivity index is -0.000000252. The Morgan fingerprint density at radius 1 is 0.804 bits per heavy atom. The summed E-state index contributed by atoms with van der Waals surface area (Å²) in [4.78, 5) is 41.1. The molecule has 6 N–H and O–H groups in total. The number of aryl methyl sites for hydroxylation is 1. The molecule has 3 aromatic rings. The van der Waals surface area contributed by atoms with Gasteiger partial charge in [-0.25, -0.2) is 9.97 Å². The highest BCUT2D eigenvalue weighted by atomic mass is 36.0. The average molecular weight is 845 g/mol. The van der Waals surface area contributed by atoms with Crippen molar-refractivity contribution in [3.63, 3.8) is 0 Å². The van der Waals surface area contributed by atoms with Crippen molar-refractivity contribution in [2.45, 2.75) is 17.0 Å². The highest BCUT2D eigenvalue weighted by Gasteiger charge is 2.14. The molecule has 16 nitrogen and oxygen atoms in total. The Morgan fingerprint density at radius 2 is 1.17 bits per heavy atom. The van der Waals surface area contributed by atoms with Gasteiger partial charge < -0.3 is 36.3 Å². The van der Waals surface area contributed by atoms with Crippen molar-refractivity contribution in [2.75, 3.05) is 24.6 Å². The van der Waals surface area contributed by atoms with E-state index < -0.39 is 23.0 Å². The van der Waals surface area contributed by atoms with Gasteiger partial charge in [-0.15, -0.1) is 0 Å². The largest absolute Gasteiger partial charge is 1.00 e. The molecule has 0 aromatic carbocycles. The Bertz CT molecular complexity index is 1410. The third-order valence-electron chi connectivity index (χ3n) is 3.67. The molecule has 0 radical (unpaired) electrons. The fourth-order valence-electron chi connectivity index (χ4n) is 1.99. The molecule has 46 heavy (non-hydrogen) atoms. The molecule has 26 heteroatoms. The average Bonchev–Trinajstić information content (AvgIpc) is 2.97. The van der Waals surface area contributed by atoms with E-state index in [4.69, 9.17) is 19.1 Å². The summed E-state index contributed by atoms with van der Waals surface area (Å²) in [5, 5.41) is 31.7. The highest BCUT2D eigenvalue weighted by Crippen LogP contribution is 2.34. The van der Waals surface area contributed by atoms with E-state index in [-0.39, 0.29) is 46.9 Å². The monoisotopic (exact) mass is 842 g/mol. The predicted octanol–water partition coefficient (Wildman–Crippen LogP) is -1.62. The van der Waals surface area contributed by atoms with E-state index in [1.807, 2.05) is 0 Å². The van der Waals surface area contributed by atoms with Gasteiger partial charge in [-0.05, 0) is 46.6 Å². The van der Waals surface area contributed by atoms with E-state index in [1.54, 1.807) is 25.3 Å². The minimum Gasteiger partial charge on any atom is -1.00 e. The predicted molar refractivity (Wildman–Crippen MR) is 177 cm³/mol. The Labute approximate surface area is 307 Å². The van der Waals surface area contributed by atoms with Crippen molar-refractivity contribution in [3.8, 4) is 0 Å². The van der Waals surface area contributed by atoms with E-state index in [0.717, 1.165) is 35.6 Å². The van der Waals surface area contributed by atoms with Crippen LogP contribution in [0.25, 0.3) is 0 Å². The van der Waals surface area contributed by atoms with Crippen LogP contribution in [0.15, 0.2) is 65.0 Å². The van der Waals surface area contributed by atoms with Crippen LogP contribution in [0.4, 0.5) is 17.1 Å². The van der Waals surface area contributed by atoms with Crippen LogP contribution in [0.2, 0.25) is 0 Å². The number of quaternary nitrogens is 2. The zero-order chi connectivity index (χ0) is 34.1. The molecule has 0 saturated heterocycles. The second-order valence-electron chi connectivity index (χ2n) is 6.83. The molecule has 260 valence electrons. The molecule has 0 aliphatic carbocycles. The van der Waals surface area contributed by atoms with Crippen LogP contribution in [-0.2, 0) is 8.26 Å². The molecule has 0 atom stereocenters. The SMILES string of the molecule is Cc1ncccc1[N+](=O)[O-].O=S(=O)(Cl)Cl.O=[N+]([O-])c1cccnc1SCl.[Cl-].[Cl-].[NH3+]CCS.[NH3+]CCSSc1ncccc1[N+](=O)[O-]. The molecule has 0 aliphatic heterocycles. The lowest BCUT2D eigenvalue weighted by Gasteiger charge is -1.98. The van der Waals surface area contributed by atoms with Gasteiger partial charge in [-0.1, -0.05) is 10.8 Å². The van der Waals surface area contributed by atoms with E-state index in [9.17, 15) is 30.3 Å². The number of hydrogen-bond acceptors (Lipinski definition) is 15. The topological polar surface area (TPSA) is 258 Å². The summed E-state index contributed by atoms with van der Waals surface area (Å²) in [7, 11) is 13.7. The van der Waals surface area contributed by atoms with E-state index in [0.29, 0.717) is 10.7 Å². The lowest BCUT2D eigenvalue weighted by molar-refractivity contribution is -0.388. The summed E-state index contributed by atoms with van der Waals surface area (Å²) in [5.74, 6) is 1.76. The van der Waals surface area contributed by atoms with Crippen LogP contribution in [0, 0.1) is 37.3 Å². The summed E-state index contributed by atoms with van der Waals surface area (Å²) in [6.07, 6.45) is 4.54. The van der Waals surface area contributed by atoms with Gasteiger partial charge in [0.1, 0.15) is 5.69 Å². The van der Waals surface area contributed by atoms with E-state index in [2.05, 4.69) is 60.4 Å². The van der Waals surface area contributed by atoms with Gasteiger partial charge in [0.2, 0.25) is 0 Å². The molecule has 0 bridgehead atoms. The number of nitro groups is 3. The van der Waals surface area contributed by atoms with Crippen LogP contribution >= 0.6 is 77.2 Å². The van der Waals surface area contributed by atoms with Gasteiger partial charge in [-0.3, -0.25) is 35.3 Å². The maximum atomic E-state index is 10.6. The van der Waals surface area contributed by atoms with Crippen molar-refractivity contribution in [1.29, 1.82) is 0 Å². The first-order chi connectivity index (χ1) is 20.6. The highest BCUT2D eigenvalue weighted by molar-refractivity contribution is 8.76. The van der Waals surface area contributed by atoms with E-state index >= 15 is 0 Å². The molecular formula is C20H27Cl5N8O8S5. The van der Waals surface area contributed by atoms with E-state index in [1.165, 1.54) is 58.2 Å². The second kappa shape index (κ2) is 30.7. The molecule has 0 saturated carbocycles. The van der Waals surface area contributed by atoms with Gasteiger partial charge in [0.05, 0.1) is 33.6 Å². The molecule has 0 fully saturated rings. The van der Waals surface area contributed by atoms with Crippen molar-refractivity contribution >= 4 is 103 Å². The molecule has 3 aromatic heterocycles. The fourth-order valence-corrected chi connectivity index (χ4v) is 4.64. The van der Waals surface area contributed by atoms with Gasteiger partial charge in [-0.2, -0.15) is 21.0 Å². The second-order valence-corrected chi connectivity index (χ2v) is 14.3. The number of nitrogens with zero attached hydrogens (tertiary/aromatic N) is 6. The zero-order valence-corrected chi connectivity index (χ0v) is 31.3. The van der Waals surface area contributed by atoms with Crippen molar-refractivity contribution in [2.24, 2.45) is 0 Å². The number of aromatic nitrogens is 3.